The van der Waals surface area contributed by atoms with Crippen molar-refractivity contribution in [3.8, 4) is 0 Å². The van der Waals surface area contributed by atoms with Crippen molar-refractivity contribution >= 4 is 11.6 Å². The summed E-state index contributed by atoms with van der Waals surface area (Å²) in [6.45, 7) is 9.01. The van der Waals surface area contributed by atoms with Crippen LogP contribution in [0, 0.1) is 12.8 Å². The SMILES string of the molecule is Cc1nc(Cl)ccc1C1CCCN1CC(C)C. The molecule has 0 aromatic carbocycles. The minimum Gasteiger partial charge on any atom is -0.296 e. The van der Waals surface area contributed by atoms with E-state index in [0.29, 0.717) is 11.2 Å². The van der Waals surface area contributed by atoms with Gasteiger partial charge in [-0.15, -0.1) is 0 Å². The molecular weight excluding hydrogens is 232 g/mol. The van der Waals surface area contributed by atoms with Crippen molar-refractivity contribution in [2.75, 3.05) is 13.1 Å². The van der Waals surface area contributed by atoms with E-state index in [0.717, 1.165) is 11.6 Å². The lowest BCUT2D eigenvalue weighted by Crippen LogP contribution is -2.27. The highest BCUT2D eigenvalue weighted by Gasteiger charge is 2.27. The number of hydrogen-bond donors (Lipinski definition) is 0. The Morgan fingerprint density at radius 3 is 2.88 bits per heavy atom. The molecule has 0 saturated carbocycles. The molecule has 0 radical (unpaired) electrons. The lowest BCUT2D eigenvalue weighted by atomic mass is 10.0. The van der Waals surface area contributed by atoms with Crippen molar-refractivity contribution in [3.05, 3.63) is 28.5 Å². The minimum atomic E-state index is 0.544. The van der Waals surface area contributed by atoms with Gasteiger partial charge in [-0.3, -0.25) is 4.90 Å². The fourth-order valence-corrected chi connectivity index (χ4v) is 2.95. The smallest absolute Gasteiger partial charge is 0.129 e. The first-order chi connectivity index (χ1) is 8.08. The normalized spacial score (nSPS) is 21.4. The van der Waals surface area contributed by atoms with Gasteiger partial charge in [-0.05, 0) is 43.9 Å². The summed E-state index contributed by atoms with van der Waals surface area (Å²) in [6.07, 6.45) is 2.54. The van der Waals surface area contributed by atoms with Gasteiger partial charge in [-0.1, -0.05) is 31.5 Å². The molecule has 1 fully saturated rings. The van der Waals surface area contributed by atoms with Crippen LogP contribution in [0.4, 0.5) is 0 Å². The van der Waals surface area contributed by atoms with Crippen LogP contribution in [0.25, 0.3) is 0 Å². The Bertz CT molecular complexity index is 390. The molecule has 0 amide bonds. The largest absolute Gasteiger partial charge is 0.296 e. The highest BCUT2D eigenvalue weighted by atomic mass is 35.5. The van der Waals surface area contributed by atoms with Crippen molar-refractivity contribution in [3.63, 3.8) is 0 Å². The van der Waals surface area contributed by atoms with Gasteiger partial charge in [-0.25, -0.2) is 4.98 Å². The van der Waals surface area contributed by atoms with Crippen LogP contribution in [0.15, 0.2) is 12.1 Å². The highest BCUT2D eigenvalue weighted by Crippen LogP contribution is 2.33. The Hall–Kier alpha value is -0.600. The summed E-state index contributed by atoms with van der Waals surface area (Å²) < 4.78 is 0. The summed E-state index contributed by atoms with van der Waals surface area (Å²) in [5.41, 5.74) is 2.44. The predicted molar refractivity (Wildman–Crippen MR) is 72.4 cm³/mol. The van der Waals surface area contributed by atoms with Crippen LogP contribution in [0.5, 0.6) is 0 Å². The molecular formula is C14H21ClN2. The molecule has 2 nitrogen and oxygen atoms in total. The van der Waals surface area contributed by atoms with Crippen LogP contribution in [0.1, 0.15) is 44.0 Å². The first-order valence-corrected chi connectivity index (χ1v) is 6.83. The second-order valence-corrected chi connectivity index (χ2v) is 5.74. The number of likely N-dealkylation sites (tertiary alicyclic amines) is 1. The summed E-state index contributed by atoms with van der Waals surface area (Å²) in [6, 6.07) is 4.60. The molecule has 3 heteroatoms. The maximum absolute atomic E-state index is 5.92. The average Bonchev–Trinajstić information content (AvgIpc) is 2.65. The average molecular weight is 253 g/mol. The monoisotopic (exact) mass is 252 g/mol. The Balaban J connectivity index is 2.20. The van der Waals surface area contributed by atoms with Gasteiger partial charge in [0.1, 0.15) is 5.15 Å². The fourth-order valence-electron chi connectivity index (χ4n) is 2.76. The van der Waals surface area contributed by atoms with Gasteiger partial charge in [0.2, 0.25) is 0 Å². The van der Waals surface area contributed by atoms with E-state index in [1.54, 1.807) is 0 Å². The highest BCUT2D eigenvalue weighted by molar-refractivity contribution is 6.29. The number of hydrogen-bond acceptors (Lipinski definition) is 2. The molecule has 1 aromatic rings. The topological polar surface area (TPSA) is 16.1 Å². The zero-order valence-corrected chi connectivity index (χ0v) is 11.7. The standard InChI is InChI=1S/C14H21ClN2/c1-10(2)9-17-8-4-5-13(17)12-6-7-14(15)16-11(12)3/h6-7,10,13H,4-5,8-9H2,1-3H3. The Morgan fingerprint density at radius 1 is 1.47 bits per heavy atom. The minimum absolute atomic E-state index is 0.544. The van der Waals surface area contributed by atoms with Crippen LogP contribution in [-0.4, -0.2) is 23.0 Å². The maximum Gasteiger partial charge on any atom is 0.129 e. The van der Waals surface area contributed by atoms with Gasteiger partial charge in [0.25, 0.3) is 0 Å². The number of nitrogens with zero attached hydrogens (tertiary/aromatic N) is 2. The van der Waals surface area contributed by atoms with Gasteiger partial charge in [-0.2, -0.15) is 0 Å². The molecule has 0 bridgehead atoms. The van der Waals surface area contributed by atoms with Gasteiger partial charge in [0.15, 0.2) is 0 Å². The van der Waals surface area contributed by atoms with E-state index in [2.05, 4.69) is 36.7 Å². The maximum atomic E-state index is 5.92. The molecule has 1 atom stereocenters. The van der Waals surface area contributed by atoms with Crippen molar-refractivity contribution in [2.45, 2.75) is 39.7 Å². The number of rotatable bonds is 3. The summed E-state index contributed by atoms with van der Waals surface area (Å²) >= 11 is 5.92. The molecule has 0 N–H and O–H groups in total. The summed E-state index contributed by atoms with van der Waals surface area (Å²) in [5.74, 6) is 0.719. The molecule has 17 heavy (non-hydrogen) atoms. The lowest BCUT2D eigenvalue weighted by Gasteiger charge is -2.27. The third-order valence-electron chi connectivity index (χ3n) is 3.42. The first-order valence-electron chi connectivity index (χ1n) is 6.45. The zero-order valence-electron chi connectivity index (χ0n) is 10.9. The summed E-state index contributed by atoms with van der Waals surface area (Å²) in [7, 11) is 0. The number of halogens is 1. The van der Waals surface area contributed by atoms with E-state index in [1.165, 1.54) is 31.5 Å². The van der Waals surface area contributed by atoms with Crippen LogP contribution in [0.3, 0.4) is 0 Å². The lowest BCUT2D eigenvalue weighted by molar-refractivity contribution is 0.228. The second kappa shape index (κ2) is 5.36. The molecule has 2 heterocycles. The summed E-state index contributed by atoms with van der Waals surface area (Å²) in [4.78, 5) is 6.96. The number of aromatic nitrogens is 1. The van der Waals surface area contributed by atoms with Gasteiger partial charge in [0, 0.05) is 18.3 Å². The van der Waals surface area contributed by atoms with E-state index < -0.39 is 0 Å². The summed E-state index contributed by atoms with van der Waals surface area (Å²) in [5, 5.41) is 0.597. The van der Waals surface area contributed by atoms with E-state index in [9.17, 15) is 0 Å². The molecule has 1 saturated heterocycles. The predicted octanol–water partition coefficient (Wildman–Crippen LogP) is 3.84. The van der Waals surface area contributed by atoms with Crippen molar-refractivity contribution in [1.29, 1.82) is 0 Å². The van der Waals surface area contributed by atoms with Crippen LogP contribution >= 0.6 is 11.6 Å². The second-order valence-electron chi connectivity index (χ2n) is 5.36. The van der Waals surface area contributed by atoms with Gasteiger partial charge < -0.3 is 0 Å². The van der Waals surface area contributed by atoms with E-state index in [1.807, 2.05) is 6.07 Å². The Labute approximate surface area is 109 Å². The van der Waals surface area contributed by atoms with Crippen molar-refractivity contribution < 1.29 is 0 Å². The molecule has 94 valence electrons. The van der Waals surface area contributed by atoms with Crippen LogP contribution in [-0.2, 0) is 0 Å². The zero-order chi connectivity index (χ0) is 12.4. The fraction of sp³-hybridized carbons (Fsp3) is 0.643. The third-order valence-corrected chi connectivity index (χ3v) is 3.63. The van der Waals surface area contributed by atoms with E-state index in [-0.39, 0.29) is 0 Å². The molecule has 1 unspecified atom stereocenters. The molecule has 2 rings (SSSR count). The molecule has 0 aliphatic carbocycles. The van der Waals surface area contributed by atoms with E-state index >= 15 is 0 Å². The van der Waals surface area contributed by atoms with Crippen LogP contribution in [0.2, 0.25) is 5.15 Å². The van der Waals surface area contributed by atoms with Crippen molar-refractivity contribution in [1.82, 2.24) is 9.88 Å². The van der Waals surface area contributed by atoms with Gasteiger partial charge in [0.05, 0.1) is 0 Å². The molecule has 1 aliphatic rings. The molecule has 1 aliphatic heterocycles. The Kier molecular flexibility index (Phi) is 4.05. The number of aryl methyl sites for hydroxylation is 1. The number of pyridine rings is 1. The first kappa shape index (κ1) is 12.8. The van der Waals surface area contributed by atoms with E-state index in [4.69, 9.17) is 11.6 Å². The van der Waals surface area contributed by atoms with Crippen molar-refractivity contribution in [2.24, 2.45) is 5.92 Å². The molecule has 1 aromatic heterocycles. The quantitative estimate of drug-likeness (QED) is 0.760. The van der Waals surface area contributed by atoms with Crippen LogP contribution < -0.4 is 0 Å². The Morgan fingerprint density at radius 2 is 2.24 bits per heavy atom. The van der Waals surface area contributed by atoms with Gasteiger partial charge >= 0.3 is 0 Å². The third kappa shape index (κ3) is 2.99. The molecule has 0 spiro atoms.